The summed E-state index contributed by atoms with van der Waals surface area (Å²) in [5, 5.41) is 2.79. The van der Waals surface area contributed by atoms with Crippen LogP contribution in [0.3, 0.4) is 0 Å². The number of hydrogen-bond acceptors (Lipinski definition) is 5. The number of nitrogens with zero attached hydrogens (tertiary/aromatic N) is 3. The van der Waals surface area contributed by atoms with Crippen LogP contribution < -0.4 is 10.1 Å². The lowest BCUT2D eigenvalue weighted by molar-refractivity contribution is 0.102. The molecule has 35 heavy (non-hydrogen) atoms. The van der Waals surface area contributed by atoms with Crippen molar-refractivity contribution in [2.45, 2.75) is 32.3 Å². The molecule has 2 aromatic carbocycles. The van der Waals surface area contributed by atoms with Crippen LogP contribution in [-0.2, 0) is 16.6 Å². The maximum Gasteiger partial charge on any atom is 0.259 e. The number of carbonyl (C=O) groups is 1. The van der Waals surface area contributed by atoms with E-state index in [1.165, 1.54) is 16.4 Å². The molecule has 182 valence electrons. The van der Waals surface area contributed by atoms with Crippen molar-refractivity contribution in [3.05, 3.63) is 89.9 Å². The summed E-state index contributed by atoms with van der Waals surface area (Å²) < 4.78 is 35.0. The summed E-state index contributed by atoms with van der Waals surface area (Å²) in [5.41, 5.74) is 3.38. The highest BCUT2D eigenvalue weighted by atomic mass is 32.2. The number of benzene rings is 2. The summed E-state index contributed by atoms with van der Waals surface area (Å²) in [6, 6.07) is 17.1. The highest BCUT2D eigenvalue weighted by Crippen LogP contribution is 2.23. The highest BCUT2D eigenvalue weighted by Gasteiger charge is 2.22. The fourth-order valence-electron chi connectivity index (χ4n) is 3.85. The molecule has 8 nitrogen and oxygen atoms in total. The minimum absolute atomic E-state index is 0.130. The fraction of sp³-hybridized carbons (Fsp3) is 0.231. The Bertz CT molecular complexity index is 1460. The van der Waals surface area contributed by atoms with Crippen LogP contribution >= 0.6 is 0 Å². The van der Waals surface area contributed by atoms with Crippen LogP contribution in [0, 0.1) is 6.92 Å². The van der Waals surface area contributed by atoms with Crippen molar-refractivity contribution in [2.24, 2.45) is 0 Å². The molecule has 0 radical (unpaired) electrons. The number of imidazole rings is 1. The Kier molecular flexibility index (Phi) is 7.18. The Morgan fingerprint density at radius 2 is 1.83 bits per heavy atom. The second-order valence-corrected chi connectivity index (χ2v) is 9.95. The molecule has 0 unspecified atom stereocenters. The van der Waals surface area contributed by atoms with Crippen molar-refractivity contribution < 1.29 is 17.9 Å². The SMILES string of the molecule is CCN(CC)S(=O)(=O)c1cccc(NC(=O)c2ccccc2OCc2cn3cccc(C)c3n2)c1. The molecule has 0 bridgehead atoms. The molecule has 0 fully saturated rings. The van der Waals surface area contributed by atoms with Crippen LogP contribution in [0.15, 0.2) is 78.0 Å². The summed E-state index contributed by atoms with van der Waals surface area (Å²) in [6.45, 7) is 6.50. The third-order valence-corrected chi connectivity index (χ3v) is 7.72. The number of pyridine rings is 1. The van der Waals surface area contributed by atoms with E-state index in [-0.39, 0.29) is 11.5 Å². The number of para-hydroxylation sites is 1. The third-order valence-electron chi connectivity index (χ3n) is 5.67. The second kappa shape index (κ2) is 10.3. The number of hydrogen-bond donors (Lipinski definition) is 1. The van der Waals surface area contributed by atoms with E-state index in [2.05, 4.69) is 10.3 Å². The van der Waals surface area contributed by atoms with Crippen LogP contribution in [0.5, 0.6) is 5.75 Å². The molecule has 4 rings (SSSR count). The molecule has 9 heteroatoms. The molecular weight excluding hydrogens is 464 g/mol. The lowest BCUT2D eigenvalue weighted by Crippen LogP contribution is -2.30. The predicted octanol–water partition coefficient (Wildman–Crippen LogP) is 4.50. The van der Waals surface area contributed by atoms with E-state index >= 15 is 0 Å². The van der Waals surface area contributed by atoms with Crippen molar-refractivity contribution in [2.75, 3.05) is 18.4 Å². The first-order chi connectivity index (χ1) is 16.8. The Hall–Kier alpha value is -3.69. The lowest BCUT2D eigenvalue weighted by atomic mass is 10.2. The zero-order valence-electron chi connectivity index (χ0n) is 19.9. The zero-order chi connectivity index (χ0) is 25.0. The third kappa shape index (κ3) is 5.21. The van der Waals surface area contributed by atoms with E-state index in [1.807, 2.05) is 35.9 Å². The fourth-order valence-corrected chi connectivity index (χ4v) is 5.36. The van der Waals surface area contributed by atoms with E-state index in [0.717, 1.165) is 16.9 Å². The average Bonchev–Trinajstić information content (AvgIpc) is 3.28. The normalized spacial score (nSPS) is 11.7. The molecule has 1 amide bonds. The summed E-state index contributed by atoms with van der Waals surface area (Å²) in [6.07, 6.45) is 3.82. The number of fused-ring (bicyclic) bond motifs is 1. The predicted molar refractivity (Wildman–Crippen MR) is 135 cm³/mol. The minimum Gasteiger partial charge on any atom is -0.486 e. The molecule has 4 aromatic rings. The van der Waals surface area contributed by atoms with Crippen molar-refractivity contribution in [3.63, 3.8) is 0 Å². The summed E-state index contributed by atoms with van der Waals surface area (Å²) >= 11 is 0. The van der Waals surface area contributed by atoms with Crippen LogP contribution in [0.25, 0.3) is 5.65 Å². The van der Waals surface area contributed by atoms with E-state index in [4.69, 9.17) is 4.74 Å². The van der Waals surface area contributed by atoms with Crippen molar-refractivity contribution in [1.82, 2.24) is 13.7 Å². The molecule has 2 heterocycles. The van der Waals surface area contributed by atoms with Gasteiger partial charge in [0.25, 0.3) is 5.91 Å². The molecule has 0 aliphatic rings. The van der Waals surface area contributed by atoms with Crippen LogP contribution in [0.1, 0.15) is 35.5 Å². The van der Waals surface area contributed by atoms with E-state index in [9.17, 15) is 13.2 Å². The number of nitrogens with one attached hydrogen (secondary N) is 1. The first-order valence-corrected chi connectivity index (χ1v) is 12.8. The van der Waals surface area contributed by atoms with Gasteiger partial charge in [0.1, 0.15) is 18.0 Å². The van der Waals surface area contributed by atoms with Crippen molar-refractivity contribution in [1.29, 1.82) is 0 Å². The zero-order valence-corrected chi connectivity index (χ0v) is 20.7. The number of anilines is 1. The first-order valence-electron chi connectivity index (χ1n) is 11.4. The molecule has 0 saturated carbocycles. The number of ether oxygens (including phenoxy) is 1. The topological polar surface area (TPSA) is 93.0 Å². The number of rotatable bonds is 9. The summed E-state index contributed by atoms with van der Waals surface area (Å²) in [7, 11) is -3.64. The largest absolute Gasteiger partial charge is 0.486 e. The van der Waals surface area contributed by atoms with Gasteiger partial charge in [-0.25, -0.2) is 13.4 Å². The van der Waals surface area contributed by atoms with Gasteiger partial charge in [-0.3, -0.25) is 4.79 Å². The summed E-state index contributed by atoms with van der Waals surface area (Å²) in [5.74, 6) is 0.00882. The molecule has 0 spiro atoms. The van der Waals surface area contributed by atoms with Gasteiger partial charge < -0.3 is 14.5 Å². The van der Waals surface area contributed by atoms with Gasteiger partial charge in [-0.15, -0.1) is 0 Å². The molecule has 2 aromatic heterocycles. The van der Waals surface area contributed by atoms with Crippen LogP contribution in [-0.4, -0.2) is 41.1 Å². The number of sulfonamides is 1. The monoisotopic (exact) mass is 492 g/mol. The van der Waals surface area contributed by atoms with E-state index < -0.39 is 15.9 Å². The van der Waals surface area contributed by atoms with Gasteiger partial charge in [-0.1, -0.05) is 38.1 Å². The molecule has 0 aliphatic heterocycles. The maximum absolute atomic E-state index is 13.1. The van der Waals surface area contributed by atoms with Gasteiger partial charge in [-0.2, -0.15) is 4.31 Å². The molecular formula is C26H28N4O4S. The quantitative estimate of drug-likeness (QED) is 0.371. The van der Waals surface area contributed by atoms with Crippen molar-refractivity contribution >= 4 is 27.3 Å². The Morgan fingerprint density at radius 1 is 1.06 bits per heavy atom. The number of amides is 1. The van der Waals surface area contributed by atoms with Crippen LogP contribution in [0.4, 0.5) is 5.69 Å². The lowest BCUT2D eigenvalue weighted by Gasteiger charge is -2.19. The van der Waals surface area contributed by atoms with Crippen LogP contribution in [0.2, 0.25) is 0 Å². The smallest absolute Gasteiger partial charge is 0.259 e. The van der Waals surface area contributed by atoms with Gasteiger partial charge >= 0.3 is 0 Å². The first kappa shape index (κ1) is 24.4. The second-order valence-electron chi connectivity index (χ2n) is 8.01. The Balaban J connectivity index is 1.52. The van der Waals surface area contributed by atoms with Gasteiger partial charge in [-0.05, 0) is 48.9 Å². The standard InChI is InChI=1S/C26H28N4O4S/c1-4-30(5-2)35(32,33)22-12-8-11-20(16-22)28-26(31)23-13-6-7-14-24(23)34-18-21-17-29-15-9-10-19(3)25(29)27-21/h6-17H,4-5,18H2,1-3H3,(H,28,31). The Morgan fingerprint density at radius 3 is 2.57 bits per heavy atom. The van der Waals surface area contributed by atoms with E-state index in [1.54, 1.807) is 50.2 Å². The summed E-state index contributed by atoms with van der Waals surface area (Å²) in [4.78, 5) is 17.8. The van der Waals surface area contributed by atoms with Gasteiger partial charge in [0, 0.05) is 31.2 Å². The highest BCUT2D eigenvalue weighted by molar-refractivity contribution is 7.89. The number of aromatic nitrogens is 2. The molecule has 0 saturated heterocycles. The molecule has 1 N–H and O–H groups in total. The maximum atomic E-state index is 13.1. The molecule has 0 aliphatic carbocycles. The number of aryl methyl sites for hydroxylation is 1. The van der Waals surface area contributed by atoms with Crippen molar-refractivity contribution in [3.8, 4) is 5.75 Å². The minimum atomic E-state index is -3.64. The van der Waals surface area contributed by atoms with E-state index in [0.29, 0.717) is 30.1 Å². The van der Waals surface area contributed by atoms with Gasteiger partial charge in [0.05, 0.1) is 16.2 Å². The Labute approximate surface area is 205 Å². The molecule has 0 atom stereocenters. The van der Waals surface area contributed by atoms with Gasteiger partial charge in [0.2, 0.25) is 10.0 Å². The average molecular weight is 493 g/mol. The number of carbonyl (C=O) groups excluding carboxylic acids is 1. The van der Waals surface area contributed by atoms with Gasteiger partial charge in [0.15, 0.2) is 0 Å².